The molecular weight excluding hydrogens is 569 g/mol. The predicted molar refractivity (Wildman–Crippen MR) is 137 cm³/mol. The molecule has 208 valence electrons. The van der Waals surface area contributed by atoms with Gasteiger partial charge in [0.1, 0.15) is 5.60 Å². The monoisotopic (exact) mass is 604 g/mol. The molecule has 0 unspecified atom stereocenters. The molecule has 0 N–H and O–H groups in total. The van der Waals surface area contributed by atoms with Crippen LogP contribution in [0.15, 0.2) is 18.2 Å². The van der Waals surface area contributed by atoms with Crippen LogP contribution in [0.5, 0.6) is 0 Å². The number of carboxylic acids is 2. The van der Waals surface area contributed by atoms with Gasteiger partial charge in [0.2, 0.25) is 0 Å². The summed E-state index contributed by atoms with van der Waals surface area (Å²) in [6.45, 7) is 8.65. The third kappa shape index (κ3) is 16.3. The summed E-state index contributed by atoms with van der Waals surface area (Å²) in [5.41, 5.74) is 0.142. The van der Waals surface area contributed by atoms with Crippen molar-refractivity contribution in [3.05, 3.63) is 33.8 Å². The van der Waals surface area contributed by atoms with Crippen LogP contribution in [0.3, 0.4) is 0 Å². The Balaban J connectivity index is 0.00000722. The number of hydrogen-bond donors (Lipinski definition) is 0. The molecule has 0 bridgehead atoms. The molecule has 0 aromatic heterocycles. The molecule has 1 aliphatic heterocycles. The first kappa shape index (κ1) is 39.0. The van der Waals surface area contributed by atoms with Gasteiger partial charge in [-0.2, -0.15) is 0 Å². The molecule has 1 aromatic rings. The van der Waals surface area contributed by atoms with Crippen molar-refractivity contribution >= 4 is 41.1 Å². The second-order valence-electron chi connectivity index (χ2n) is 10.1. The van der Waals surface area contributed by atoms with E-state index in [0.29, 0.717) is 68.9 Å². The second kappa shape index (κ2) is 19.3. The normalized spacial score (nSPS) is 17.2. The molecule has 10 nitrogen and oxygen atoms in total. The van der Waals surface area contributed by atoms with Crippen LogP contribution in [0, 0.1) is 0 Å². The van der Waals surface area contributed by atoms with Crippen molar-refractivity contribution < 1.29 is 88.4 Å². The van der Waals surface area contributed by atoms with E-state index in [4.69, 9.17) is 27.9 Å². The van der Waals surface area contributed by atoms with Crippen LogP contribution in [0.1, 0.15) is 26.3 Å². The molecule has 1 saturated heterocycles. The Hall–Kier alpha value is 0.0500. The third-order valence-electron chi connectivity index (χ3n) is 5.85. The van der Waals surface area contributed by atoms with Crippen LogP contribution in [-0.4, -0.2) is 115 Å². The molecule has 1 heterocycles. The van der Waals surface area contributed by atoms with E-state index in [-0.39, 0.29) is 84.7 Å². The number of nitrogens with zero attached hydrogens (tertiary/aromatic N) is 4. The molecule has 1 fully saturated rings. The molecule has 1 aliphatic rings. The van der Waals surface area contributed by atoms with E-state index in [2.05, 4.69) is 4.90 Å². The van der Waals surface area contributed by atoms with Gasteiger partial charge in [-0.3, -0.25) is 24.4 Å². The van der Waals surface area contributed by atoms with Gasteiger partial charge in [0.05, 0.1) is 18.5 Å². The number of carbonyl (C=O) groups excluding carboxylic acids is 3. The number of ether oxygens (including phenoxy) is 1. The SMILES string of the molecule is CC(C)(C)OC(=O)CN1CCN(CC(=O)[O-])CCN(CC(=O)[O-])CCN(Cc2c(Cl)cccc2Cl)CC1.[Na+].[Na+]. The summed E-state index contributed by atoms with van der Waals surface area (Å²) in [5.74, 6) is -2.80. The molecule has 0 atom stereocenters. The van der Waals surface area contributed by atoms with E-state index in [0.717, 1.165) is 5.56 Å². The van der Waals surface area contributed by atoms with Crippen molar-refractivity contribution in [3.63, 3.8) is 0 Å². The van der Waals surface area contributed by atoms with Gasteiger partial charge in [-0.25, -0.2) is 0 Å². The fourth-order valence-electron chi connectivity index (χ4n) is 4.04. The van der Waals surface area contributed by atoms with E-state index < -0.39 is 17.5 Å². The van der Waals surface area contributed by atoms with Crippen molar-refractivity contribution in [2.24, 2.45) is 0 Å². The summed E-state index contributed by atoms with van der Waals surface area (Å²) in [4.78, 5) is 42.7. The van der Waals surface area contributed by atoms with Crippen molar-refractivity contribution in [3.8, 4) is 0 Å². The number of hydrogen-bond acceptors (Lipinski definition) is 10. The van der Waals surface area contributed by atoms with Crippen molar-refractivity contribution in [2.75, 3.05) is 72.0 Å². The largest absolute Gasteiger partial charge is 1.00 e. The first-order valence-electron chi connectivity index (χ1n) is 12.3. The van der Waals surface area contributed by atoms with Crippen LogP contribution in [0.25, 0.3) is 0 Å². The Morgan fingerprint density at radius 1 is 0.744 bits per heavy atom. The Bertz CT molecular complexity index is 918. The van der Waals surface area contributed by atoms with Crippen LogP contribution in [0.2, 0.25) is 10.0 Å². The fourth-order valence-corrected chi connectivity index (χ4v) is 4.56. The van der Waals surface area contributed by atoms with Gasteiger partial charge in [-0.15, -0.1) is 0 Å². The molecule has 2 rings (SSSR count). The Morgan fingerprint density at radius 3 is 1.46 bits per heavy atom. The van der Waals surface area contributed by atoms with Crippen molar-refractivity contribution in [2.45, 2.75) is 32.9 Å². The van der Waals surface area contributed by atoms with E-state index in [9.17, 15) is 24.6 Å². The number of aliphatic carboxylic acids is 2. The summed E-state index contributed by atoms with van der Waals surface area (Å²) in [7, 11) is 0. The summed E-state index contributed by atoms with van der Waals surface area (Å²) in [6, 6.07) is 5.30. The van der Waals surface area contributed by atoms with Gasteiger partial charge in [0, 0.05) is 87.6 Å². The van der Waals surface area contributed by atoms with Gasteiger partial charge in [-0.1, -0.05) is 29.3 Å². The fraction of sp³-hybridized carbons (Fsp3) is 0.640. The quantitative estimate of drug-likeness (QED) is 0.209. The smallest absolute Gasteiger partial charge is 0.549 e. The van der Waals surface area contributed by atoms with Gasteiger partial charge in [0.15, 0.2) is 0 Å². The minimum atomic E-state index is -1.22. The maximum Gasteiger partial charge on any atom is 1.00 e. The average Bonchev–Trinajstić information content (AvgIpc) is 2.75. The van der Waals surface area contributed by atoms with Gasteiger partial charge >= 0.3 is 65.1 Å². The average molecular weight is 605 g/mol. The van der Waals surface area contributed by atoms with Gasteiger partial charge in [0.25, 0.3) is 0 Å². The molecule has 0 saturated carbocycles. The number of carboxylic acid groups (broad SMARTS) is 2. The molecule has 14 heteroatoms. The summed E-state index contributed by atoms with van der Waals surface area (Å²) < 4.78 is 5.49. The summed E-state index contributed by atoms with van der Waals surface area (Å²) >= 11 is 12.8. The van der Waals surface area contributed by atoms with Crippen LogP contribution in [0.4, 0.5) is 0 Å². The number of benzene rings is 1. The Kier molecular flexibility index (Phi) is 19.3. The van der Waals surface area contributed by atoms with Crippen LogP contribution < -0.4 is 69.3 Å². The molecule has 0 radical (unpaired) electrons. The zero-order valence-corrected chi connectivity index (χ0v) is 29.2. The minimum absolute atomic E-state index is 0. The maximum absolute atomic E-state index is 12.6. The van der Waals surface area contributed by atoms with E-state index in [1.54, 1.807) is 48.8 Å². The number of rotatable bonds is 8. The third-order valence-corrected chi connectivity index (χ3v) is 6.56. The van der Waals surface area contributed by atoms with E-state index >= 15 is 0 Å². The molecule has 39 heavy (non-hydrogen) atoms. The minimum Gasteiger partial charge on any atom is -0.549 e. The summed E-state index contributed by atoms with van der Waals surface area (Å²) in [6.07, 6.45) is 0. The Morgan fingerprint density at radius 2 is 1.10 bits per heavy atom. The first-order valence-corrected chi connectivity index (χ1v) is 13.0. The number of esters is 1. The summed E-state index contributed by atoms with van der Waals surface area (Å²) in [5, 5.41) is 23.7. The second-order valence-corrected chi connectivity index (χ2v) is 10.9. The molecule has 0 spiro atoms. The van der Waals surface area contributed by atoms with Crippen LogP contribution >= 0.6 is 23.2 Å². The zero-order valence-electron chi connectivity index (χ0n) is 23.7. The van der Waals surface area contributed by atoms with E-state index in [1.165, 1.54) is 0 Å². The molecule has 0 aliphatic carbocycles. The van der Waals surface area contributed by atoms with E-state index in [1.807, 2.05) is 4.90 Å². The number of halogens is 2. The zero-order chi connectivity index (χ0) is 27.6. The molecular formula is C25H36Cl2N4Na2O6. The molecule has 0 amide bonds. The van der Waals surface area contributed by atoms with Crippen LogP contribution in [-0.2, 0) is 25.7 Å². The van der Waals surface area contributed by atoms with Gasteiger partial charge < -0.3 is 24.5 Å². The van der Waals surface area contributed by atoms with Gasteiger partial charge in [-0.05, 0) is 32.9 Å². The van der Waals surface area contributed by atoms with Crippen molar-refractivity contribution in [1.82, 2.24) is 19.6 Å². The Labute approximate surface area is 285 Å². The number of carbonyl (C=O) groups is 3. The van der Waals surface area contributed by atoms with Crippen molar-refractivity contribution in [1.29, 1.82) is 0 Å². The predicted octanol–water partition coefficient (Wildman–Crippen LogP) is -6.44. The topological polar surface area (TPSA) is 120 Å². The molecule has 1 aromatic carbocycles. The first-order chi connectivity index (χ1) is 17.3. The standard InChI is InChI=1S/C25H38Cl2N4O6.2Na/c1-25(2,3)37-24(36)18-31-13-8-28(15-19-20(26)5-4-6-21(19)27)7-9-29(16-22(32)33)10-11-30(12-14-31)17-23(34)35;;/h4-6H,7-18H2,1-3H3,(H,32,33)(H,34,35);;/q;2*+1/p-2. The maximum atomic E-state index is 12.6.